The van der Waals surface area contributed by atoms with E-state index in [0.717, 1.165) is 22.1 Å². The van der Waals surface area contributed by atoms with Gasteiger partial charge >= 0.3 is 0 Å². The summed E-state index contributed by atoms with van der Waals surface area (Å²) >= 11 is 7.14. The van der Waals surface area contributed by atoms with E-state index in [0.29, 0.717) is 0 Å². The fourth-order valence-corrected chi connectivity index (χ4v) is 3.29. The zero-order chi connectivity index (χ0) is 14.5. The first-order valence-electron chi connectivity index (χ1n) is 6.29. The summed E-state index contributed by atoms with van der Waals surface area (Å²) in [5.41, 5.74) is 3.08. The molecule has 0 aliphatic carbocycles. The van der Waals surface area contributed by atoms with Crippen LogP contribution in [0.5, 0.6) is 0 Å². The monoisotopic (exact) mass is 331 g/mol. The molecule has 0 fully saturated rings. The van der Waals surface area contributed by atoms with Crippen LogP contribution in [0, 0.1) is 0 Å². The van der Waals surface area contributed by atoms with Crippen LogP contribution in [0.3, 0.4) is 0 Å². The topological polar surface area (TPSA) is 37.0 Å². The lowest BCUT2D eigenvalue weighted by Crippen LogP contribution is -1.87. The smallest absolute Gasteiger partial charge is 0.193 e. The lowest BCUT2D eigenvalue weighted by molar-refractivity contribution is 1.41. The van der Waals surface area contributed by atoms with Crippen molar-refractivity contribution in [2.24, 2.45) is 0 Å². The standard InChI is InChI=1S/C15H13N3S3/c19-17-15-16-14(10-20-15)11-5-4-6-12(9-11)18-21-13-7-2-1-3-8-13/h1-10,18-19H,(H,16,17). The van der Waals surface area contributed by atoms with E-state index in [4.69, 9.17) is 0 Å². The quantitative estimate of drug-likeness (QED) is 0.444. The molecular formula is C15H13N3S3. The number of thiazole rings is 1. The number of benzene rings is 2. The fraction of sp³-hybridized carbons (Fsp3) is 0. The Morgan fingerprint density at radius 2 is 1.90 bits per heavy atom. The number of nitrogens with one attached hydrogen (secondary N) is 2. The lowest BCUT2D eigenvalue weighted by atomic mass is 10.1. The second-order valence-corrected chi connectivity index (χ2v) is 6.21. The van der Waals surface area contributed by atoms with Crippen LogP contribution < -0.4 is 9.44 Å². The van der Waals surface area contributed by atoms with Crippen LogP contribution in [-0.2, 0) is 0 Å². The molecule has 21 heavy (non-hydrogen) atoms. The van der Waals surface area contributed by atoms with Crippen LogP contribution >= 0.6 is 36.1 Å². The first kappa shape index (κ1) is 14.3. The van der Waals surface area contributed by atoms with Gasteiger partial charge in [0.05, 0.1) is 5.69 Å². The minimum atomic E-state index is 0.797. The lowest BCUT2D eigenvalue weighted by Gasteiger charge is -2.06. The number of thiol groups is 1. The number of rotatable bonds is 5. The molecule has 1 heterocycles. The molecule has 3 rings (SSSR count). The van der Waals surface area contributed by atoms with E-state index in [1.165, 1.54) is 16.2 Å². The van der Waals surface area contributed by atoms with E-state index in [9.17, 15) is 0 Å². The number of hydrogen-bond donors (Lipinski definition) is 3. The van der Waals surface area contributed by atoms with E-state index in [-0.39, 0.29) is 0 Å². The van der Waals surface area contributed by atoms with Crippen molar-refractivity contribution in [1.29, 1.82) is 0 Å². The molecular weight excluding hydrogens is 318 g/mol. The average molecular weight is 331 g/mol. The average Bonchev–Trinajstić information content (AvgIpc) is 3.03. The van der Waals surface area contributed by atoms with Gasteiger partial charge in [-0.3, -0.25) is 0 Å². The van der Waals surface area contributed by atoms with Crippen molar-refractivity contribution in [1.82, 2.24) is 4.98 Å². The summed E-state index contributed by atoms with van der Waals surface area (Å²) in [7, 11) is 0. The second kappa shape index (κ2) is 6.89. The van der Waals surface area contributed by atoms with Gasteiger partial charge in [-0.25, -0.2) is 4.98 Å². The van der Waals surface area contributed by atoms with Gasteiger partial charge in [0.15, 0.2) is 5.13 Å². The predicted octanol–water partition coefficient (Wildman–Crippen LogP) is 5.19. The van der Waals surface area contributed by atoms with Crippen LogP contribution in [0.25, 0.3) is 11.3 Å². The summed E-state index contributed by atoms with van der Waals surface area (Å²) in [5.74, 6) is 0. The summed E-state index contributed by atoms with van der Waals surface area (Å²) in [6.45, 7) is 0. The minimum absolute atomic E-state index is 0.797. The molecule has 3 nitrogen and oxygen atoms in total. The normalized spacial score (nSPS) is 10.3. The highest BCUT2D eigenvalue weighted by molar-refractivity contribution is 8.00. The maximum atomic E-state index is 4.45. The van der Waals surface area contributed by atoms with Gasteiger partial charge < -0.3 is 9.44 Å². The molecule has 0 saturated heterocycles. The molecule has 2 aromatic carbocycles. The van der Waals surface area contributed by atoms with Crippen molar-refractivity contribution in [2.45, 2.75) is 4.90 Å². The van der Waals surface area contributed by atoms with E-state index in [1.54, 1.807) is 11.9 Å². The molecule has 6 heteroatoms. The van der Waals surface area contributed by atoms with E-state index in [1.807, 2.05) is 35.7 Å². The summed E-state index contributed by atoms with van der Waals surface area (Å²) in [4.78, 5) is 5.63. The van der Waals surface area contributed by atoms with Crippen LogP contribution in [0.4, 0.5) is 10.8 Å². The molecule has 0 aliphatic rings. The maximum absolute atomic E-state index is 4.45. The summed E-state index contributed by atoms with van der Waals surface area (Å²) in [6, 6.07) is 18.4. The minimum Gasteiger partial charge on any atom is -0.326 e. The molecule has 0 unspecified atom stereocenters. The SMILES string of the molecule is SNc1nc(-c2cccc(NSc3ccccc3)c2)cs1. The van der Waals surface area contributed by atoms with E-state index >= 15 is 0 Å². The largest absolute Gasteiger partial charge is 0.326 e. The Bertz CT molecular complexity index is 713. The number of nitrogens with zero attached hydrogens (tertiary/aromatic N) is 1. The van der Waals surface area contributed by atoms with Gasteiger partial charge in [-0.15, -0.1) is 11.3 Å². The third kappa shape index (κ3) is 3.72. The Morgan fingerprint density at radius 1 is 1.05 bits per heavy atom. The Kier molecular flexibility index (Phi) is 4.69. The highest BCUT2D eigenvalue weighted by Crippen LogP contribution is 2.28. The van der Waals surface area contributed by atoms with Gasteiger partial charge in [0, 0.05) is 21.5 Å². The molecule has 0 bridgehead atoms. The molecule has 0 spiro atoms. The van der Waals surface area contributed by atoms with Crippen molar-refractivity contribution >= 4 is 46.9 Å². The Hall–Kier alpha value is -1.63. The molecule has 2 N–H and O–H groups in total. The highest BCUT2D eigenvalue weighted by atomic mass is 32.2. The maximum Gasteiger partial charge on any atom is 0.193 e. The van der Waals surface area contributed by atoms with Gasteiger partial charge in [-0.1, -0.05) is 43.1 Å². The summed E-state index contributed by atoms with van der Waals surface area (Å²) in [5, 5.41) is 2.81. The predicted molar refractivity (Wildman–Crippen MR) is 96.1 cm³/mol. The zero-order valence-electron chi connectivity index (χ0n) is 11.0. The van der Waals surface area contributed by atoms with Crippen molar-refractivity contribution < 1.29 is 0 Å². The van der Waals surface area contributed by atoms with Crippen molar-refractivity contribution in [3.63, 3.8) is 0 Å². The molecule has 106 valence electrons. The van der Waals surface area contributed by atoms with Crippen LogP contribution in [-0.4, -0.2) is 4.98 Å². The molecule has 3 aromatic rings. The number of hydrogen-bond acceptors (Lipinski definition) is 6. The fourth-order valence-electron chi connectivity index (χ4n) is 1.81. The van der Waals surface area contributed by atoms with Gasteiger partial charge in [-0.05, 0) is 36.2 Å². The third-order valence-corrected chi connectivity index (χ3v) is 4.75. The molecule has 0 atom stereocenters. The summed E-state index contributed by atoms with van der Waals surface area (Å²) in [6.07, 6.45) is 0. The van der Waals surface area contributed by atoms with Crippen molar-refractivity contribution in [3.8, 4) is 11.3 Å². The number of anilines is 2. The molecule has 0 aliphatic heterocycles. The van der Waals surface area contributed by atoms with E-state index in [2.05, 4.69) is 51.5 Å². The van der Waals surface area contributed by atoms with Crippen LogP contribution in [0.2, 0.25) is 0 Å². The first-order chi connectivity index (χ1) is 10.3. The van der Waals surface area contributed by atoms with Gasteiger partial charge in [0.2, 0.25) is 0 Å². The first-order valence-corrected chi connectivity index (χ1v) is 8.43. The molecule has 0 saturated carbocycles. The zero-order valence-corrected chi connectivity index (χ0v) is 13.5. The highest BCUT2D eigenvalue weighted by Gasteiger charge is 2.04. The van der Waals surface area contributed by atoms with Crippen molar-refractivity contribution in [3.05, 3.63) is 60.0 Å². The van der Waals surface area contributed by atoms with Crippen LogP contribution in [0.1, 0.15) is 0 Å². The van der Waals surface area contributed by atoms with Gasteiger partial charge in [0.25, 0.3) is 0 Å². The molecule has 1 aromatic heterocycles. The summed E-state index contributed by atoms with van der Waals surface area (Å²) < 4.78 is 6.11. The third-order valence-electron chi connectivity index (χ3n) is 2.79. The Labute approximate surface area is 137 Å². The molecule has 0 radical (unpaired) electrons. The van der Waals surface area contributed by atoms with Crippen molar-refractivity contribution in [2.75, 3.05) is 9.44 Å². The molecule has 0 amide bonds. The Balaban J connectivity index is 1.74. The second-order valence-electron chi connectivity index (χ2n) is 4.25. The van der Waals surface area contributed by atoms with Crippen LogP contribution in [0.15, 0.2) is 64.9 Å². The Morgan fingerprint density at radius 3 is 2.67 bits per heavy atom. The van der Waals surface area contributed by atoms with Gasteiger partial charge in [-0.2, -0.15) is 0 Å². The van der Waals surface area contributed by atoms with Gasteiger partial charge in [0.1, 0.15) is 0 Å². The van der Waals surface area contributed by atoms with E-state index < -0.39 is 0 Å². The number of aromatic nitrogens is 1.